The van der Waals surface area contributed by atoms with Gasteiger partial charge in [0.25, 0.3) is 0 Å². The number of carboxylic acid groups (broad SMARTS) is 1. The van der Waals surface area contributed by atoms with Crippen LogP contribution in [0.15, 0.2) is 12.2 Å². The minimum Gasteiger partial charge on any atom is -0.480 e. The van der Waals surface area contributed by atoms with E-state index in [0.717, 1.165) is 31.4 Å². The number of hydrogen-bond acceptors (Lipinski definition) is 17. The molecule has 15 atom stereocenters. The Hall–Kier alpha value is -7.47. The number of rotatable bonds is 41. The first-order valence-electron chi connectivity index (χ1n) is 35.2. The van der Waals surface area contributed by atoms with Gasteiger partial charge in [0.15, 0.2) is 6.04 Å². The van der Waals surface area contributed by atoms with E-state index in [2.05, 4.69) is 31.9 Å². The number of aliphatic carboxylic acids is 1. The van der Waals surface area contributed by atoms with Crippen molar-refractivity contribution in [2.24, 2.45) is 41.4 Å². The van der Waals surface area contributed by atoms with Crippen molar-refractivity contribution in [3.05, 3.63) is 12.2 Å². The predicted molar refractivity (Wildman–Crippen MR) is 382 cm³/mol. The first kappa shape index (κ1) is 93.5. The van der Waals surface area contributed by atoms with Gasteiger partial charge in [0.05, 0.1) is 24.9 Å². The second kappa shape index (κ2) is 42.8. The largest absolute Gasteiger partial charge is 0.480 e. The summed E-state index contributed by atoms with van der Waals surface area (Å²) in [7, 11) is 8.05. The summed E-state index contributed by atoms with van der Waals surface area (Å²) in [6, 6.07) is -15.0. The molecule has 0 saturated carbocycles. The first-order valence-corrected chi connectivity index (χ1v) is 35.2. The first-order chi connectivity index (χ1) is 46.3. The Morgan fingerprint density at radius 1 is 0.426 bits per heavy atom. The monoisotopic (exact) mass is 1440 g/mol. The number of carbonyl (C=O) groups excluding carboxylic acids is 12. The minimum absolute atomic E-state index is 0.0605. The van der Waals surface area contributed by atoms with Gasteiger partial charge in [-0.3, -0.25) is 52.7 Å². The summed E-state index contributed by atoms with van der Waals surface area (Å²) in [5.41, 5.74) is -0.913. The third kappa shape index (κ3) is 30.6. The van der Waals surface area contributed by atoms with Crippen LogP contribution in [0.25, 0.3) is 0 Å². The lowest BCUT2D eigenvalue weighted by Gasteiger charge is -2.40. The van der Waals surface area contributed by atoms with Crippen molar-refractivity contribution >= 4 is 77.0 Å². The van der Waals surface area contributed by atoms with Gasteiger partial charge in [0.1, 0.15) is 66.0 Å². The molecule has 0 aromatic rings. The molecule has 12 amide bonds. The standard InChI is InChI=1S/C71H128N12O18/c1-28-29-30-43(14)58(87)57(63(92)76-55(47(18)85)69(98)99)83(27)68(97)56(42(12)13)82(26)66(95)49(32-38(4)5)75-62(91)52(35-41(10)11)80(24)64(93)45(16)73-59(88)44(15)72-60(89)51(34-40(8)9)81(25)65(94)48(31-37(2)3)74-61(90)50(33-39(6)7)79(23)53(86)36-78(22)67(96)54(46(17)84)77-70(100)101-71(19,20)21/h28-29,37-52,54-58,84-85,87H,30-36H2,1-27H3,(H,72,89)(H,73,88)(H,74,90)(H,75,91)(H,76,92)(H,77,100)(H,98,99)/t43-,44+,45-,46-,47-,48+,49+,50+,51+,52+,54+,55+,56+,57+,58-/m1/s1. The highest BCUT2D eigenvalue weighted by Gasteiger charge is 2.45. The number of aliphatic hydroxyl groups excluding tert-OH is 3. The van der Waals surface area contributed by atoms with Gasteiger partial charge in [-0.1, -0.05) is 102 Å². The van der Waals surface area contributed by atoms with E-state index in [4.69, 9.17) is 4.74 Å². The van der Waals surface area contributed by atoms with Gasteiger partial charge >= 0.3 is 12.1 Å². The summed E-state index contributed by atoms with van der Waals surface area (Å²) >= 11 is 0. The van der Waals surface area contributed by atoms with Crippen molar-refractivity contribution in [3.63, 3.8) is 0 Å². The fraction of sp³-hybridized carbons (Fsp3) is 0.789. The van der Waals surface area contributed by atoms with Crippen molar-refractivity contribution in [2.75, 3.05) is 48.8 Å². The van der Waals surface area contributed by atoms with E-state index in [1.54, 1.807) is 60.6 Å². The summed E-state index contributed by atoms with van der Waals surface area (Å²) in [6.07, 6.45) is -1.23. The molecule has 0 aromatic carbocycles. The average Bonchev–Trinajstić information content (AvgIpc) is 0.807. The van der Waals surface area contributed by atoms with Gasteiger partial charge in [-0.05, 0) is 135 Å². The van der Waals surface area contributed by atoms with Gasteiger partial charge in [-0.2, -0.15) is 0 Å². The molecule has 0 heterocycles. The number of ether oxygens (including phenoxy) is 1. The van der Waals surface area contributed by atoms with Crippen LogP contribution in [-0.4, -0.2) is 266 Å². The molecule has 10 N–H and O–H groups in total. The molecule has 0 spiro atoms. The fourth-order valence-corrected chi connectivity index (χ4v) is 11.5. The number of carboxylic acids is 1. The number of carbonyl (C=O) groups is 13. The Balaban J connectivity index is 6.89. The Morgan fingerprint density at radius 3 is 1.20 bits per heavy atom. The topological polar surface area (TPSA) is 404 Å². The van der Waals surface area contributed by atoms with Crippen LogP contribution in [0.1, 0.15) is 184 Å². The molecular formula is C71H128N12O18. The van der Waals surface area contributed by atoms with Crippen molar-refractivity contribution in [2.45, 2.75) is 274 Å². The molecule has 0 rings (SSSR count). The van der Waals surface area contributed by atoms with Gasteiger partial charge < -0.3 is 86.5 Å². The second-order valence-electron chi connectivity index (χ2n) is 30.6. The maximum atomic E-state index is 14.8. The smallest absolute Gasteiger partial charge is 0.408 e. The zero-order chi connectivity index (χ0) is 78.9. The quantitative estimate of drug-likeness (QED) is 0.0393. The van der Waals surface area contributed by atoms with E-state index in [0.29, 0.717) is 0 Å². The molecule has 0 unspecified atom stereocenters. The Kier molecular flexibility index (Phi) is 39.7. The molecule has 0 aliphatic rings. The van der Waals surface area contributed by atoms with Gasteiger partial charge in [-0.25, -0.2) is 9.59 Å². The molecule has 0 bridgehead atoms. The molecule has 101 heavy (non-hydrogen) atoms. The molecule has 0 saturated heterocycles. The van der Waals surface area contributed by atoms with Crippen LogP contribution in [0.2, 0.25) is 0 Å². The molecular weight excluding hydrogens is 1310 g/mol. The SMILES string of the molecule is CC=CC[C@@H](C)[C@@H](O)[C@@H](C(=O)N[C@H](C(=O)O)[C@@H](C)O)N(C)C(=O)[C@H](C(C)C)N(C)C(=O)[C@H](CC(C)C)NC(=O)[C@H](CC(C)C)N(C)C(=O)[C@@H](C)NC(=O)[C@H](C)NC(=O)[C@H](CC(C)C)N(C)C(=O)[C@H](CC(C)C)NC(=O)[C@H](CC(C)C)N(C)C(=O)CN(C)C(=O)[C@@H](NC(=O)OC(C)(C)C)[C@@H](C)O. The van der Waals surface area contributed by atoms with Crippen LogP contribution >= 0.6 is 0 Å². The highest BCUT2D eigenvalue weighted by Crippen LogP contribution is 2.24. The third-order valence-corrected chi connectivity index (χ3v) is 17.2. The summed E-state index contributed by atoms with van der Waals surface area (Å²) in [6.45, 7) is 34.5. The Labute approximate surface area is 600 Å². The van der Waals surface area contributed by atoms with Crippen LogP contribution in [-0.2, 0) is 62.3 Å². The number of allylic oxidation sites excluding steroid dienone is 2. The second-order valence-corrected chi connectivity index (χ2v) is 30.6. The molecule has 580 valence electrons. The van der Waals surface area contributed by atoms with E-state index in [9.17, 15) is 82.8 Å². The van der Waals surface area contributed by atoms with Crippen LogP contribution < -0.4 is 31.9 Å². The van der Waals surface area contributed by atoms with E-state index < -0.39 is 186 Å². The number of nitrogens with one attached hydrogen (secondary N) is 6. The number of nitrogens with zero attached hydrogens (tertiary/aromatic N) is 6. The molecule has 0 radical (unpaired) electrons. The zero-order valence-corrected chi connectivity index (χ0v) is 65.4. The molecule has 30 nitrogen and oxygen atoms in total. The molecule has 0 fully saturated rings. The lowest BCUT2D eigenvalue weighted by atomic mass is 9.91. The molecule has 30 heteroatoms. The maximum Gasteiger partial charge on any atom is 0.408 e. The summed E-state index contributed by atoms with van der Waals surface area (Å²) in [4.78, 5) is 189. The Bertz CT molecular complexity index is 2800. The number of alkyl carbamates (subject to hydrolysis) is 1. The van der Waals surface area contributed by atoms with Crippen LogP contribution in [0.3, 0.4) is 0 Å². The lowest BCUT2D eigenvalue weighted by molar-refractivity contribution is -0.155. The highest BCUT2D eigenvalue weighted by molar-refractivity contribution is 5.99. The third-order valence-electron chi connectivity index (χ3n) is 17.2. The summed E-state index contributed by atoms with van der Waals surface area (Å²) in [5.74, 6) is -12.2. The number of likely N-dealkylation sites (N-methyl/N-ethyl adjacent to an activating group) is 6. The number of hydrogen-bond donors (Lipinski definition) is 10. The van der Waals surface area contributed by atoms with Crippen LogP contribution in [0, 0.1) is 41.4 Å². The number of aliphatic hydroxyl groups is 3. The van der Waals surface area contributed by atoms with Crippen LogP contribution in [0.4, 0.5) is 4.79 Å². The number of amides is 12. The van der Waals surface area contributed by atoms with E-state index in [1.807, 2.05) is 69.2 Å². The Morgan fingerprint density at radius 2 is 0.812 bits per heavy atom. The van der Waals surface area contributed by atoms with E-state index in [-0.39, 0.29) is 68.1 Å². The average molecular weight is 1440 g/mol. The van der Waals surface area contributed by atoms with Gasteiger partial charge in [0, 0.05) is 42.3 Å². The van der Waals surface area contributed by atoms with Gasteiger partial charge in [0.2, 0.25) is 65.0 Å². The van der Waals surface area contributed by atoms with E-state index >= 15 is 0 Å². The minimum atomic E-state index is -1.80. The molecule has 0 aromatic heterocycles. The highest BCUT2D eigenvalue weighted by atomic mass is 16.6. The predicted octanol–water partition coefficient (Wildman–Crippen LogP) is 2.63. The van der Waals surface area contributed by atoms with Crippen LogP contribution in [0.5, 0.6) is 0 Å². The normalized spacial score (nSPS) is 16.4. The fourth-order valence-electron chi connectivity index (χ4n) is 11.5. The van der Waals surface area contributed by atoms with Crippen molar-refractivity contribution < 1.29 is 87.5 Å². The molecule has 0 aliphatic heterocycles. The maximum absolute atomic E-state index is 14.8. The van der Waals surface area contributed by atoms with E-state index in [1.165, 1.54) is 68.0 Å². The zero-order valence-electron chi connectivity index (χ0n) is 65.4. The van der Waals surface area contributed by atoms with Crippen molar-refractivity contribution in [1.82, 2.24) is 61.3 Å². The summed E-state index contributed by atoms with van der Waals surface area (Å²) < 4.78 is 5.25. The van der Waals surface area contributed by atoms with Crippen molar-refractivity contribution in [3.8, 4) is 0 Å². The van der Waals surface area contributed by atoms with Gasteiger partial charge in [-0.15, -0.1) is 0 Å². The van der Waals surface area contributed by atoms with Crippen molar-refractivity contribution in [1.29, 1.82) is 0 Å². The summed E-state index contributed by atoms with van der Waals surface area (Å²) in [5, 5.41) is 57.7. The lowest BCUT2D eigenvalue weighted by Crippen LogP contribution is -2.63. The molecule has 0 aliphatic carbocycles.